The first-order chi connectivity index (χ1) is 15.1. The lowest BCUT2D eigenvalue weighted by atomic mass is 10.00. The predicted molar refractivity (Wildman–Crippen MR) is 121 cm³/mol. The van der Waals surface area contributed by atoms with Gasteiger partial charge in [0, 0.05) is 63.1 Å². The molecule has 0 saturated carbocycles. The summed E-state index contributed by atoms with van der Waals surface area (Å²) in [4.78, 5) is 28.9. The highest BCUT2D eigenvalue weighted by Crippen LogP contribution is 2.19. The Bertz CT molecular complexity index is 921. The number of anilines is 1. The number of hydrogen-bond donors (Lipinski definition) is 2. The van der Waals surface area contributed by atoms with Crippen molar-refractivity contribution in [1.29, 1.82) is 0 Å². The number of carbonyl (C=O) groups is 2. The molecule has 2 N–H and O–H groups in total. The molecule has 2 aromatic carbocycles. The van der Waals surface area contributed by atoms with E-state index in [4.69, 9.17) is 4.74 Å². The van der Waals surface area contributed by atoms with Crippen LogP contribution in [-0.2, 0) is 17.8 Å². The Morgan fingerprint density at radius 1 is 0.935 bits per heavy atom. The molecule has 0 radical (unpaired) electrons. The minimum absolute atomic E-state index is 0.0101. The Morgan fingerprint density at radius 3 is 2.42 bits per heavy atom. The van der Waals surface area contributed by atoms with Crippen molar-refractivity contribution in [3.05, 3.63) is 64.7 Å². The number of carbonyl (C=O) groups excluding carboxylic acids is 2. The Kier molecular flexibility index (Phi) is 6.84. The number of nitrogens with zero attached hydrogens (tertiary/aromatic N) is 2. The summed E-state index contributed by atoms with van der Waals surface area (Å²) in [6.45, 7) is 6.61. The number of ether oxygens (including phenoxy) is 1. The molecule has 31 heavy (non-hydrogen) atoms. The third-order valence-corrected chi connectivity index (χ3v) is 6.05. The molecule has 0 atom stereocenters. The molecule has 7 nitrogen and oxygen atoms in total. The van der Waals surface area contributed by atoms with E-state index in [0.29, 0.717) is 18.7 Å². The molecule has 1 fully saturated rings. The second kappa shape index (κ2) is 9.94. The van der Waals surface area contributed by atoms with Crippen molar-refractivity contribution < 1.29 is 14.3 Å². The van der Waals surface area contributed by atoms with Gasteiger partial charge in [-0.3, -0.25) is 14.5 Å². The molecule has 2 heterocycles. The van der Waals surface area contributed by atoms with E-state index in [1.54, 1.807) is 7.05 Å². The van der Waals surface area contributed by atoms with E-state index in [9.17, 15) is 9.59 Å². The van der Waals surface area contributed by atoms with E-state index < -0.39 is 0 Å². The zero-order valence-corrected chi connectivity index (χ0v) is 18.0. The van der Waals surface area contributed by atoms with Gasteiger partial charge in [-0.15, -0.1) is 0 Å². The quantitative estimate of drug-likeness (QED) is 0.741. The molecule has 2 aliphatic rings. The molecule has 2 aromatic rings. The minimum Gasteiger partial charge on any atom is -0.376 e. The van der Waals surface area contributed by atoms with Crippen molar-refractivity contribution in [1.82, 2.24) is 15.5 Å². The van der Waals surface area contributed by atoms with Crippen molar-refractivity contribution in [3.63, 3.8) is 0 Å². The largest absolute Gasteiger partial charge is 0.376 e. The molecule has 2 aliphatic heterocycles. The van der Waals surface area contributed by atoms with Gasteiger partial charge >= 0.3 is 0 Å². The van der Waals surface area contributed by atoms with Crippen molar-refractivity contribution in [2.45, 2.75) is 13.0 Å². The van der Waals surface area contributed by atoms with E-state index in [1.807, 2.05) is 42.5 Å². The smallest absolute Gasteiger partial charge is 0.251 e. The number of benzene rings is 2. The van der Waals surface area contributed by atoms with Gasteiger partial charge in [0.05, 0.1) is 13.2 Å². The summed E-state index contributed by atoms with van der Waals surface area (Å²) >= 11 is 0. The van der Waals surface area contributed by atoms with E-state index in [0.717, 1.165) is 57.0 Å². The van der Waals surface area contributed by atoms with Crippen LogP contribution in [0.5, 0.6) is 0 Å². The van der Waals surface area contributed by atoms with Gasteiger partial charge in [-0.2, -0.15) is 0 Å². The molecule has 0 bridgehead atoms. The molecule has 1 saturated heterocycles. The topological polar surface area (TPSA) is 73.9 Å². The average Bonchev–Trinajstić information content (AvgIpc) is 2.83. The third kappa shape index (κ3) is 5.24. The van der Waals surface area contributed by atoms with E-state index in [2.05, 4.69) is 20.4 Å². The summed E-state index contributed by atoms with van der Waals surface area (Å²) in [5, 5.41) is 5.70. The fraction of sp³-hybridized carbons (Fsp3) is 0.417. The summed E-state index contributed by atoms with van der Waals surface area (Å²) in [7, 11) is 1.64. The number of hydrogen-bond acceptors (Lipinski definition) is 5. The molecule has 0 spiro atoms. The molecular weight excluding hydrogens is 392 g/mol. The third-order valence-electron chi connectivity index (χ3n) is 6.05. The van der Waals surface area contributed by atoms with Crippen molar-refractivity contribution in [2.75, 3.05) is 57.8 Å². The van der Waals surface area contributed by atoms with E-state index in [-0.39, 0.29) is 11.8 Å². The number of rotatable bonds is 6. The van der Waals surface area contributed by atoms with Gasteiger partial charge in [0.1, 0.15) is 0 Å². The summed E-state index contributed by atoms with van der Waals surface area (Å²) in [5.41, 5.74) is 4.94. The van der Waals surface area contributed by atoms with E-state index in [1.165, 1.54) is 11.1 Å². The zero-order valence-electron chi connectivity index (χ0n) is 18.0. The molecule has 164 valence electrons. The summed E-state index contributed by atoms with van der Waals surface area (Å²) in [6.07, 6.45) is 0.870. The molecular formula is C24H30N4O3. The second-order valence-electron chi connectivity index (χ2n) is 8.00. The van der Waals surface area contributed by atoms with Crippen LogP contribution in [0.15, 0.2) is 42.5 Å². The van der Waals surface area contributed by atoms with Crippen molar-refractivity contribution in [2.24, 2.45) is 0 Å². The van der Waals surface area contributed by atoms with Crippen LogP contribution in [0.1, 0.15) is 31.8 Å². The summed E-state index contributed by atoms with van der Waals surface area (Å²) < 4.78 is 5.46. The molecule has 0 aromatic heterocycles. The van der Waals surface area contributed by atoms with Crippen LogP contribution in [0.25, 0.3) is 0 Å². The maximum absolute atomic E-state index is 12.5. The van der Waals surface area contributed by atoms with Crippen LogP contribution in [0.4, 0.5) is 5.69 Å². The molecule has 0 aliphatic carbocycles. The Labute approximate surface area is 183 Å². The van der Waals surface area contributed by atoms with Crippen LogP contribution in [0.2, 0.25) is 0 Å². The van der Waals surface area contributed by atoms with Gasteiger partial charge in [-0.25, -0.2) is 0 Å². The summed E-state index contributed by atoms with van der Waals surface area (Å²) in [6, 6.07) is 13.6. The fourth-order valence-electron chi connectivity index (χ4n) is 4.13. The van der Waals surface area contributed by atoms with Crippen LogP contribution in [-0.4, -0.2) is 69.6 Å². The first-order valence-corrected chi connectivity index (χ1v) is 10.9. The Hall–Kier alpha value is -2.90. The van der Waals surface area contributed by atoms with Crippen LogP contribution < -0.4 is 15.5 Å². The van der Waals surface area contributed by atoms with Gasteiger partial charge < -0.3 is 20.3 Å². The lowest BCUT2D eigenvalue weighted by Gasteiger charge is -2.36. The van der Waals surface area contributed by atoms with Gasteiger partial charge in [0.2, 0.25) is 0 Å². The van der Waals surface area contributed by atoms with Gasteiger partial charge in [-0.05, 0) is 53.9 Å². The Morgan fingerprint density at radius 2 is 1.68 bits per heavy atom. The highest BCUT2D eigenvalue weighted by atomic mass is 16.5. The molecule has 7 heteroatoms. The predicted octanol–water partition coefficient (Wildman–Crippen LogP) is 1.67. The monoisotopic (exact) mass is 422 g/mol. The van der Waals surface area contributed by atoms with Gasteiger partial charge in [0.15, 0.2) is 0 Å². The van der Waals surface area contributed by atoms with Gasteiger partial charge in [0.25, 0.3) is 11.8 Å². The highest BCUT2D eigenvalue weighted by Gasteiger charge is 2.18. The van der Waals surface area contributed by atoms with Crippen molar-refractivity contribution >= 4 is 17.5 Å². The lowest BCUT2D eigenvalue weighted by molar-refractivity contribution is 0.0942. The highest BCUT2D eigenvalue weighted by molar-refractivity contribution is 5.94. The van der Waals surface area contributed by atoms with Crippen LogP contribution in [0.3, 0.4) is 0 Å². The number of piperazine rings is 1. The molecule has 0 unspecified atom stereocenters. The van der Waals surface area contributed by atoms with Gasteiger partial charge in [-0.1, -0.05) is 6.07 Å². The van der Waals surface area contributed by atoms with Crippen LogP contribution in [0, 0.1) is 0 Å². The maximum Gasteiger partial charge on any atom is 0.251 e. The summed E-state index contributed by atoms with van der Waals surface area (Å²) in [5.74, 6) is -0.0769. The number of nitrogens with one attached hydrogen (secondary N) is 2. The van der Waals surface area contributed by atoms with Crippen molar-refractivity contribution in [3.8, 4) is 0 Å². The number of amides is 2. The minimum atomic E-state index is -0.0668. The van der Waals surface area contributed by atoms with E-state index >= 15 is 0 Å². The maximum atomic E-state index is 12.5. The normalized spacial score (nSPS) is 16.5. The lowest BCUT2D eigenvalue weighted by Crippen LogP contribution is -2.48. The standard InChI is InChI=1S/C24H30N4O3/c1-25-23(29)18-4-6-22(7-5-18)28-13-11-27(12-14-28)10-9-26-24(30)20-2-3-21-17-31-15-8-19(21)16-20/h2-7,16H,8-15,17H2,1H3,(H,25,29)(H,26,30). The van der Waals surface area contributed by atoms with Crippen LogP contribution >= 0.6 is 0 Å². The first kappa shape index (κ1) is 21.3. The molecule has 4 rings (SSSR count). The molecule has 2 amide bonds. The zero-order chi connectivity index (χ0) is 21.6. The SMILES string of the molecule is CNC(=O)c1ccc(N2CCN(CCNC(=O)c3ccc4c(c3)CCOC4)CC2)cc1. The average molecular weight is 423 g/mol. The fourth-order valence-corrected chi connectivity index (χ4v) is 4.13. The first-order valence-electron chi connectivity index (χ1n) is 10.9. The second-order valence-corrected chi connectivity index (χ2v) is 8.00. The Balaban J connectivity index is 1.21. The number of fused-ring (bicyclic) bond motifs is 1.